The standard InChI is InChI=1S/C16H18N4O3/c1-4-19-11(2)9-14(12(19)3)10-17-18-16(21)13-5-7-15(8-6-13)20(22)23/h5-10H,4H2,1-3H3,(H,18,21)/b17-10-. The zero-order valence-electron chi connectivity index (χ0n) is 13.2. The van der Waals surface area contributed by atoms with Gasteiger partial charge in [0.1, 0.15) is 0 Å². The number of hydrogen-bond acceptors (Lipinski definition) is 4. The Bertz CT molecular complexity index is 760. The molecule has 1 aromatic heterocycles. The predicted molar refractivity (Wildman–Crippen MR) is 87.7 cm³/mol. The largest absolute Gasteiger partial charge is 0.349 e. The molecule has 0 aliphatic heterocycles. The first kappa shape index (κ1) is 16.4. The molecule has 2 rings (SSSR count). The SMILES string of the molecule is CCn1c(C)cc(/C=N\NC(=O)c2ccc([N+](=O)[O-])cc2)c1C. The van der Waals surface area contributed by atoms with Gasteiger partial charge in [0.05, 0.1) is 11.1 Å². The maximum Gasteiger partial charge on any atom is 0.271 e. The van der Waals surface area contributed by atoms with Gasteiger partial charge in [-0.25, -0.2) is 5.43 Å². The summed E-state index contributed by atoms with van der Waals surface area (Å²) in [6.07, 6.45) is 1.60. The monoisotopic (exact) mass is 314 g/mol. The molecule has 7 nitrogen and oxygen atoms in total. The molecule has 2 aromatic rings. The van der Waals surface area contributed by atoms with Crippen LogP contribution in [0.4, 0.5) is 5.69 Å². The molecule has 0 saturated heterocycles. The number of benzene rings is 1. The van der Waals surface area contributed by atoms with Crippen molar-refractivity contribution in [3.63, 3.8) is 0 Å². The van der Waals surface area contributed by atoms with Crippen LogP contribution >= 0.6 is 0 Å². The first-order valence-electron chi connectivity index (χ1n) is 7.18. The molecule has 0 bridgehead atoms. The summed E-state index contributed by atoms with van der Waals surface area (Å²) in [7, 11) is 0. The third-order valence-corrected chi connectivity index (χ3v) is 3.64. The van der Waals surface area contributed by atoms with Crippen molar-refractivity contribution in [3.8, 4) is 0 Å². The Balaban J connectivity index is 2.05. The zero-order chi connectivity index (χ0) is 17.0. The maximum absolute atomic E-state index is 11.9. The topological polar surface area (TPSA) is 89.5 Å². The van der Waals surface area contributed by atoms with Crippen LogP contribution in [0.3, 0.4) is 0 Å². The maximum atomic E-state index is 11.9. The van der Waals surface area contributed by atoms with Crippen molar-refractivity contribution in [1.82, 2.24) is 9.99 Å². The van der Waals surface area contributed by atoms with E-state index in [2.05, 4.69) is 22.0 Å². The number of non-ortho nitro benzene ring substituents is 1. The molecule has 0 aliphatic rings. The number of aromatic nitrogens is 1. The normalized spacial score (nSPS) is 10.9. The number of nitrogens with one attached hydrogen (secondary N) is 1. The highest BCUT2D eigenvalue weighted by molar-refractivity contribution is 5.95. The summed E-state index contributed by atoms with van der Waals surface area (Å²) in [4.78, 5) is 22.0. The molecule has 7 heteroatoms. The molecule has 0 saturated carbocycles. The molecule has 1 aromatic carbocycles. The minimum atomic E-state index is -0.511. The zero-order valence-corrected chi connectivity index (χ0v) is 13.2. The minimum absolute atomic E-state index is 0.0583. The summed E-state index contributed by atoms with van der Waals surface area (Å²) in [5.41, 5.74) is 5.83. The number of carbonyl (C=O) groups is 1. The number of nitro benzene ring substituents is 1. The van der Waals surface area contributed by atoms with Crippen LogP contribution in [0, 0.1) is 24.0 Å². The van der Waals surface area contributed by atoms with E-state index in [1.54, 1.807) is 6.21 Å². The van der Waals surface area contributed by atoms with Gasteiger partial charge >= 0.3 is 0 Å². The molecule has 0 unspecified atom stereocenters. The number of rotatable bonds is 5. The minimum Gasteiger partial charge on any atom is -0.349 e. The van der Waals surface area contributed by atoms with Crippen molar-refractivity contribution in [2.24, 2.45) is 5.10 Å². The van der Waals surface area contributed by atoms with Crippen LogP contribution in [0.5, 0.6) is 0 Å². The Kier molecular flexibility index (Phi) is 4.90. The Hall–Kier alpha value is -2.96. The molecule has 120 valence electrons. The van der Waals surface area contributed by atoms with E-state index in [9.17, 15) is 14.9 Å². The lowest BCUT2D eigenvalue weighted by Gasteiger charge is -2.04. The van der Waals surface area contributed by atoms with Crippen molar-refractivity contribution in [2.45, 2.75) is 27.3 Å². The molecule has 0 radical (unpaired) electrons. The van der Waals surface area contributed by atoms with Crippen LogP contribution in [-0.4, -0.2) is 21.6 Å². The molecule has 1 heterocycles. The average Bonchev–Trinajstić information content (AvgIpc) is 2.81. The highest BCUT2D eigenvalue weighted by Crippen LogP contribution is 2.13. The molecule has 23 heavy (non-hydrogen) atoms. The van der Waals surface area contributed by atoms with Crippen LogP contribution in [0.25, 0.3) is 0 Å². The highest BCUT2D eigenvalue weighted by atomic mass is 16.6. The van der Waals surface area contributed by atoms with E-state index in [1.165, 1.54) is 24.3 Å². The first-order chi connectivity index (χ1) is 10.9. The summed E-state index contributed by atoms with van der Waals surface area (Å²) in [5.74, 6) is -0.416. The van der Waals surface area contributed by atoms with Crippen molar-refractivity contribution >= 4 is 17.8 Å². The molecular weight excluding hydrogens is 296 g/mol. The van der Waals surface area contributed by atoms with Crippen molar-refractivity contribution in [2.75, 3.05) is 0 Å². The van der Waals surface area contributed by atoms with Crippen molar-refractivity contribution in [1.29, 1.82) is 0 Å². The Morgan fingerprint density at radius 1 is 1.35 bits per heavy atom. The van der Waals surface area contributed by atoms with E-state index in [1.807, 2.05) is 19.9 Å². The van der Waals surface area contributed by atoms with Crippen LogP contribution in [0.1, 0.15) is 34.2 Å². The number of hydrazone groups is 1. The number of hydrogen-bond donors (Lipinski definition) is 1. The van der Waals surface area contributed by atoms with Gasteiger partial charge in [-0.2, -0.15) is 5.10 Å². The molecule has 0 atom stereocenters. The fraction of sp³-hybridized carbons (Fsp3) is 0.250. The fourth-order valence-corrected chi connectivity index (χ4v) is 2.40. The second kappa shape index (κ2) is 6.87. The predicted octanol–water partition coefficient (Wildman–Crippen LogP) is 2.80. The fourth-order valence-electron chi connectivity index (χ4n) is 2.40. The smallest absolute Gasteiger partial charge is 0.271 e. The van der Waals surface area contributed by atoms with E-state index < -0.39 is 10.8 Å². The number of aryl methyl sites for hydroxylation is 1. The van der Waals surface area contributed by atoms with Gasteiger partial charge in [0.25, 0.3) is 11.6 Å². The molecule has 0 fully saturated rings. The summed E-state index contributed by atoms with van der Waals surface area (Å²) >= 11 is 0. The van der Waals surface area contributed by atoms with Gasteiger partial charge in [0, 0.05) is 41.2 Å². The first-order valence-corrected chi connectivity index (χ1v) is 7.18. The summed E-state index contributed by atoms with van der Waals surface area (Å²) in [6.45, 7) is 6.96. The van der Waals surface area contributed by atoms with Crippen LogP contribution in [0.2, 0.25) is 0 Å². The number of nitro groups is 1. The Labute approximate surface area is 133 Å². The van der Waals surface area contributed by atoms with Crippen LogP contribution < -0.4 is 5.43 Å². The Morgan fingerprint density at radius 3 is 2.52 bits per heavy atom. The second-order valence-corrected chi connectivity index (χ2v) is 5.07. The summed E-state index contributed by atoms with van der Waals surface area (Å²) < 4.78 is 2.15. The second-order valence-electron chi connectivity index (χ2n) is 5.07. The van der Waals surface area contributed by atoms with Gasteiger partial charge in [0.15, 0.2) is 0 Å². The quantitative estimate of drug-likeness (QED) is 0.523. The summed E-state index contributed by atoms with van der Waals surface area (Å²) in [5, 5.41) is 14.5. The van der Waals surface area contributed by atoms with Crippen molar-refractivity contribution in [3.05, 3.63) is 63.0 Å². The molecule has 0 spiro atoms. The lowest BCUT2D eigenvalue weighted by Crippen LogP contribution is -2.17. The van der Waals surface area contributed by atoms with Gasteiger partial charge in [-0.1, -0.05) is 0 Å². The van der Waals surface area contributed by atoms with E-state index >= 15 is 0 Å². The van der Waals surface area contributed by atoms with Gasteiger partial charge in [-0.3, -0.25) is 14.9 Å². The van der Waals surface area contributed by atoms with E-state index in [0.717, 1.165) is 23.5 Å². The van der Waals surface area contributed by atoms with Crippen molar-refractivity contribution < 1.29 is 9.72 Å². The van der Waals surface area contributed by atoms with Crippen LogP contribution in [0.15, 0.2) is 35.4 Å². The number of amides is 1. The van der Waals surface area contributed by atoms with E-state index in [4.69, 9.17) is 0 Å². The van der Waals surface area contributed by atoms with E-state index in [-0.39, 0.29) is 5.69 Å². The summed E-state index contributed by atoms with van der Waals surface area (Å²) in [6, 6.07) is 7.36. The average molecular weight is 314 g/mol. The number of nitrogens with zero attached hydrogens (tertiary/aromatic N) is 3. The lowest BCUT2D eigenvalue weighted by molar-refractivity contribution is -0.384. The van der Waals surface area contributed by atoms with Crippen LogP contribution in [-0.2, 0) is 6.54 Å². The molecular formula is C16H18N4O3. The third-order valence-electron chi connectivity index (χ3n) is 3.64. The van der Waals surface area contributed by atoms with Gasteiger partial charge in [-0.05, 0) is 39.0 Å². The molecule has 1 N–H and O–H groups in total. The highest BCUT2D eigenvalue weighted by Gasteiger charge is 2.09. The number of carbonyl (C=O) groups excluding carboxylic acids is 1. The van der Waals surface area contributed by atoms with E-state index in [0.29, 0.717) is 5.56 Å². The lowest BCUT2D eigenvalue weighted by atomic mass is 10.2. The molecule has 0 aliphatic carbocycles. The molecule has 1 amide bonds. The third kappa shape index (κ3) is 3.63. The van der Waals surface area contributed by atoms with Gasteiger partial charge < -0.3 is 4.57 Å². The Morgan fingerprint density at radius 2 is 2.00 bits per heavy atom. The van der Waals surface area contributed by atoms with Gasteiger partial charge in [-0.15, -0.1) is 0 Å². The van der Waals surface area contributed by atoms with Gasteiger partial charge in [0.2, 0.25) is 0 Å².